The number of hydrogen-bond acceptors (Lipinski definition) is 4. The predicted molar refractivity (Wildman–Crippen MR) is 78.8 cm³/mol. The third-order valence-corrected chi connectivity index (χ3v) is 3.67. The van der Waals surface area contributed by atoms with Crippen LogP contribution in [0.1, 0.15) is 17.0 Å². The molecule has 1 aliphatic heterocycles. The van der Waals surface area contributed by atoms with Crippen molar-refractivity contribution in [3.8, 4) is 0 Å². The van der Waals surface area contributed by atoms with Crippen LogP contribution >= 0.6 is 0 Å². The smallest absolute Gasteiger partial charge is 0.241 e. The molecule has 6 heteroatoms. The number of aromatic amines is 1. The van der Waals surface area contributed by atoms with Crippen molar-refractivity contribution < 1.29 is 9.90 Å². The molecule has 6 nitrogen and oxygen atoms in total. The maximum absolute atomic E-state index is 12.3. The van der Waals surface area contributed by atoms with Gasteiger partial charge in [-0.05, 0) is 24.1 Å². The summed E-state index contributed by atoms with van der Waals surface area (Å²) in [5, 5.41) is 15.0. The summed E-state index contributed by atoms with van der Waals surface area (Å²) in [7, 11) is 0. The molecule has 2 heterocycles. The number of anilines is 1. The summed E-state index contributed by atoms with van der Waals surface area (Å²) in [6.45, 7) is 0.757. The highest BCUT2D eigenvalue weighted by molar-refractivity contribution is 5.95. The average Bonchev–Trinajstić information content (AvgIpc) is 2.97. The summed E-state index contributed by atoms with van der Waals surface area (Å²) in [5.41, 5.74) is 3.81. The van der Waals surface area contributed by atoms with Crippen LogP contribution in [0.15, 0.2) is 30.6 Å². The van der Waals surface area contributed by atoms with Crippen LogP contribution in [0.25, 0.3) is 0 Å². The summed E-state index contributed by atoms with van der Waals surface area (Å²) < 4.78 is 0. The number of carbonyl (C=O) groups is 1. The largest absolute Gasteiger partial charge is 0.396 e. The lowest BCUT2D eigenvalue weighted by atomic mass is 10.0. The van der Waals surface area contributed by atoms with Gasteiger partial charge in [0.05, 0.1) is 23.8 Å². The lowest BCUT2D eigenvalue weighted by Crippen LogP contribution is -2.44. The van der Waals surface area contributed by atoms with Gasteiger partial charge in [-0.2, -0.15) is 0 Å². The summed E-state index contributed by atoms with van der Waals surface area (Å²) in [4.78, 5) is 19.5. The van der Waals surface area contributed by atoms with Gasteiger partial charge in [0.1, 0.15) is 0 Å². The van der Waals surface area contributed by atoms with Crippen LogP contribution in [-0.4, -0.2) is 33.6 Å². The molecule has 0 spiro atoms. The van der Waals surface area contributed by atoms with E-state index in [4.69, 9.17) is 5.11 Å². The van der Waals surface area contributed by atoms with Crippen molar-refractivity contribution in [3.63, 3.8) is 0 Å². The zero-order chi connectivity index (χ0) is 14.7. The Balaban J connectivity index is 1.61. The average molecular weight is 286 g/mol. The third kappa shape index (κ3) is 3.12. The number of nitrogens with zero attached hydrogens (tertiary/aromatic N) is 1. The first-order valence-electron chi connectivity index (χ1n) is 7.01. The Labute approximate surface area is 122 Å². The number of fused-ring (bicyclic) bond motifs is 1. The molecule has 1 amide bonds. The molecule has 1 aliphatic rings. The molecule has 1 atom stereocenters. The number of amides is 1. The number of aliphatic hydroxyl groups is 1. The summed E-state index contributed by atoms with van der Waals surface area (Å²) in [6.07, 6.45) is 2.88. The van der Waals surface area contributed by atoms with Crippen molar-refractivity contribution >= 4 is 11.6 Å². The minimum atomic E-state index is -0.266. The van der Waals surface area contributed by atoms with Gasteiger partial charge < -0.3 is 15.4 Å². The van der Waals surface area contributed by atoms with Crippen LogP contribution in [0.5, 0.6) is 0 Å². The summed E-state index contributed by atoms with van der Waals surface area (Å²) in [5.74, 6) is -0.0569. The monoisotopic (exact) mass is 286 g/mol. The minimum absolute atomic E-state index is 0.0569. The van der Waals surface area contributed by atoms with E-state index in [1.165, 1.54) is 0 Å². The van der Waals surface area contributed by atoms with Crippen molar-refractivity contribution in [1.29, 1.82) is 0 Å². The van der Waals surface area contributed by atoms with Crippen LogP contribution in [0.4, 0.5) is 5.69 Å². The van der Waals surface area contributed by atoms with Crippen molar-refractivity contribution in [3.05, 3.63) is 47.5 Å². The Bertz CT molecular complexity index is 621. The second kappa shape index (κ2) is 6.07. The third-order valence-electron chi connectivity index (χ3n) is 3.67. The molecule has 1 aromatic heterocycles. The van der Waals surface area contributed by atoms with Gasteiger partial charge in [-0.25, -0.2) is 4.98 Å². The van der Waals surface area contributed by atoms with E-state index >= 15 is 0 Å². The second-order valence-corrected chi connectivity index (χ2v) is 5.13. The molecule has 0 radical (unpaired) electrons. The lowest BCUT2D eigenvalue weighted by Gasteiger charge is -2.22. The van der Waals surface area contributed by atoms with Crippen LogP contribution in [0.3, 0.4) is 0 Å². The molecule has 1 aromatic carbocycles. The van der Waals surface area contributed by atoms with Gasteiger partial charge in [0.2, 0.25) is 5.91 Å². The fourth-order valence-electron chi connectivity index (χ4n) is 2.47. The zero-order valence-corrected chi connectivity index (χ0v) is 11.6. The molecule has 110 valence electrons. The molecule has 4 N–H and O–H groups in total. The SMILES string of the molecule is O=C(Nc1ccc(CCO)cc1)C1Cc2nc[nH]c2CN1. The topological polar surface area (TPSA) is 90.0 Å². The van der Waals surface area contributed by atoms with Crippen LogP contribution in [0.2, 0.25) is 0 Å². The summed E-state index contributed by atoms with van der Waals surface area (Å²) >= 11 is 0. The van der Waals surface area contributed by atoms with Crippen LogP contribution < -0.4 is 10.6 Å². The molecular formula is C15H18N4O2. The van der Waals surface area contributed by atoms with Gasteiger partial charge in [-0.15, -0.1) is 0 Å². The maximum atomic E-state index is 12.3. The highest BCUT2D eigenvalue weighted by Gasteiger charge is 2.25. The molecule has 1 unspecified atom stereocenters. The predicted octanol–water partition coefficient (Wildman–Crippen LogP) is 0.598. The van der Waals surface area contributed by atoms with Gasteiger partial charge in [-0.1, -0.05) is 12.1 Å². The van der Waals surface area contributed by atoms with Crippen LogP contribution in [0, 0.1) is 0 Å². The van der Waals surface area contributed by atoms with Crippen molar-refractivity contribution in [1.82, 2.24) is 15.3 Å². The number of benzene rings is 1. The lowest BCUT2D eigenvalue weighted by molar-refractivity contribution is -0.118. The molecule has 21 heavy (non-hydrogen) atoms. The van der Waals surface area contributed by atoms with Gasteiger partial charge in [0.15, 0.2) is 0 Å². The fourth-order valence-corrected chi connectivity index (χ4v) is 2.47. The number of aromatic nitrogens is 2. The summed E-state index contributed by atoms with van der Waals surface area (Å²) in [6, 6.07) is 7.26. The Morgan fingerprint density at radius 2 is 2.19 bits per heavy atom. The standard InChI is InChI=1S/C15H18N4O2/c20-6-5-10-1-3-11(4-2-10)19-15(21)13-7-12-14(8-16-13)18-9-17-12/h1-4,9,13,16,20H,5-8H2,(H,17,18)(H,19,21). The Kier molecular flexibility index (Phi) is 3.98. The Hall–Kier alpha value is -2.18. The zero-order valence-electron chi connectivity index (χ0n) is 11.6. The second-order valence-electron chi connectivity index (χ2n) is 5.13. The van der Waals surface area contributed by atoms with Crippen molar-refractivity contribution in [2.45, 2.75) is 25.4 Å². The number of H-pyrrole nitrogens is 1. The molecule has 0 saturated heterocycles. The first-order chi connectivity index (χ1) is 10.3. The molecule has 3 rings (SSSR count). The molecule has 2 aromatic rings. The van der Waals surface area contributed by atoms with E-state index in [1.807, 2.05) is 24.3 Å². The normalized spacial score (nSPS) is 17.3. The highest BCUT2D eigenvalue weighted by atomic mass is 16.3. The van der Waals surface area contributed by atoms with E-state index < -0.39 is 0 Å². The quantitative estimate of drug-likeness (QED) is 0.662. The number of imidazole rings is 1. The highest BCUT2D eigenvalue weighted by Crippen LogP contribution is 2.15. The van der Waals surface area contributed by atoms with E-state index in [1.54, 1.807) is 6.33 Å². The van der Waals surface area contributed by atoms with Gasteiger partial charge in [-0.3, -0.25) is 10.1 Å². The maximum Gasteiger partial charge on any atom is 0.241 e. The van der Waals surface area contributed by atoms with E-state index in [9.17, 15) is 4.79 Å². The first-order valence-corrected chi connectivity index (χ1v) is 7.01. The van der Waals surface area contributed by atoms with E-state index in [0.717, 1.165) is 22.6 Å². The molecule has 0 aliphatic carbocycles. The Morgan fingerprint density at radius 3 is 2.95 bits per heavy atom. The van der Waals surface area contributed by atoms with E-state index in [0.29, 0.717) is 19.4 Å². The van der Waals surface area contributed by atoms with Crippen molar-refractivity contribution in [2.24, 2.45) is 0 Å². The fraction of sp³-hybridized carbons (Fsp3) is 0.333. The van der Waals surface area contributed by atoms with E-state index in [2.05, 4.69) is 20.6 Å². The number of rotatable bonds is 4. The Morgan fingerprint density at radius 1 is 1.38 bits per heavy atom. The van der Waals surface area contributed by atoms with Gasteiger partial charge in [0.25, 0.3) is 0 Å². The molecule has 0 saturated carbocycles. The van der Waals surface area contributed by atoms with Crippen LogP contribution in [-0.2, 0) is 24.2 Å². The molecule has 0 bridgehead atoms. The number of carbonyl (C=O) groups excluding carboxylic acids is 1. The van der Waals surface area contributed by atoms with Crippen molar-refractivity contribution in [2.75, 3.05) is 11.9 Å². The number of hydrogen-bond donors (Lipinski definition) is 4. The van der Waals surface area contributed by atoms with Gasteiger partial charge in [0, 0.05) is 25.3 Å². The van der Waals surface area contributed by atoms with E-state index in [-0.39, 0.29) is 18.6 Å². The number of nitrogens with one attached hydrogen (secondary N) is 3. The minimum Gasteiger partial charge on any atom is -0.396 e. The van der Waals surface area contributed by atoms with Gasteiger partial charge >= 0.3 is 0 Å². The first kappa shape index (κ1) is 13.8. The number of aliphatic hydroxyl groups excluding tert-OH is 1. The molecule has 0 fully saturated rings. The molecular weight excluding hydrogens is 268 g/mol.